The van der Waals surface area contributed by atoms with Crippen molar-refractivity contribution in [2.75, 3.05) is 11.4 Å². The van der Waals surface area contributed by atoms with Gasteiger partial charge in [0.2, 0.25) is 10.0 Å². The molecule has 0 aliphatic carbocycles. The van der Waals surface area contributed by atoms with E-state index in [0.717, 1.165) is 11.2 Å². The number of carboxylic acid groups (broad SMARTS) is 1. The largest absolute Gasteiger partial charge is 0.480 e. The fourth-order valence-electron chi connectivity index (χ4n) is 1.26. The predicted octanol–water partition coefficient (Wildman–Crippen LogP) is 0.797. The van der Waals surface area contributed by atoms with Crippen LogP contribution in [-0.2, 0) is 14.8 Å². The van der Waals surface area contributed by atoms with E-state index in [-0.39, 0.29) is 0 Å². The van der Waals surface area contributed by atoms with Gasteiger partial charge < -0.3 is 5.11 Å². The van der Waals surface area contributed by atoms with Crippen LogP contribution in [0.3, 0.4) is 0 Å². The molecule has 0 heterocycles. The Morgan fingerprint density at radius 1 is 1.39 bits per heavy atom. The Balaban J connectivity index is 3.10. The zero-order valence-electron chi connectivity index (χ0n) is 9.86. The first-order chi connectivity index (χ1) is 8.30. The Hall–Kier alpha value is -2.07. The number of hydrogen-bond acceptors (Lipinski definition) is 4. The molecule has 0 amide bonds. The Kier molecular flexibility index (Phi) is 3.93. The lowest BCUT2D eigenvalue weighted by Crippen LogP contribution is -2.38. The third-order valence-electron chi connectivity index (χ3n) is 2.54. The smallest absolute Gasteiger partial charge is 0.323 e. The monoisotopic (exact) mass is 268 g/mol. The van der Waals surface area contributed by atoms with Crippen molar-refractivity contribution in [3.8, 4) is 6.07 Å². The van der Waals surface area contributed by atoms with E-state index in [4.69, 9.17) is 10.4 Å². The molecule has 0 aromatic heterocycles. The molecule has 0 radical (unpaired) electrons. The quantitative estimate of drug-likeness (QED) is 0.870. The van der Waals surface area contributed by atoms with Crippen molar-refractivity contribution in [1.82, 2.24) is 0 Å². The van der Waals surface area contributed by atoms with Gasteiger partial charge in [-0.05, 0) is 31.2 Å². The van der Waals surface area contributed by atoms with Gasteiger partial charge in [0.05, 0.1) is 17.3 Å². The number of rotatable bonds is 4. The fraction of sp³-hybridized carbons (Fsp3) is 0.273. The van der Waals surface area contributed by atoms with Gasteiger partial charge in [-0.1, -0.05) is 0 Å². The van der Waals surface area contributed by atoms with Gasteiger partial charge in [-0.25, -0.2) is 8.42 Å². The summed E-state index contributed by atoms with van der Waals surface area (Å²) in [6.45, 7) is 1.11. The van der Waals surface area contributed by atoms with E-state index in [0.29, 0.717) is 11.3 Å². The molecular formula is C11H12N2O4S. The first-order valence-corrected chi connectivity index (χ1v) is 6.51. The molecule has 0 bridgehead atoms. The summed E-state index contributed by atoms with van der Waals surface area (Å²) < 4.78 is 24.7. The number of anilines is 1. The molecule has 1 aromatic carbocycles. The van der Waals surface area contributed by atoms with Gasteiger partial charge in [0.1, 0.15) is 0 Å². The van der Waals surface area contributed by atoms with E-state index in [2.05, 4.69) is 0 Å². The predicted molar refractivity (Wildman–Crippen MR) is 65.6 cm³/mol. The highest BCUT2D eigenvalue weighted by Gasteiger charge is 2.31. The Bertz CT molecular complexity index is 586. The normalized spacial score (nSPS) is 12.5. The van der Waals surface area contributed by atoms with Crippen molar-refractivity contribution in [2.24, 2.45) is 0 Å². The molecule has 18 heavy (non-hydrogen) atoms. The summed E-state index contributed by atoms with van der Waals surface area (Å²) in [6.07, 6.45) is 0. The number of benzene rings is 1. The lowest BCUT2D eigenvalue weighted by Gasteiger charge is -2.21. The first-order valence-electron chi connectivity index (χ1n) is 5.01. The molecule has 96 valence electrons. The molecule has 0 saturated heterocycles. The zero-order valence-corrected chi connectivity index (χ0v) is 10.7. The lowest BCUT2D eigenvalue weighted by molar-refractivity contribution is -0.136. The second kappa shape index (κ2) is 5.06. The Morgan fingerprint density at radius 3 is 2.28 bits per heavy atom. The van der Waals surface area contributed by atoms with Crippen LogP contribution in [0.2, 0.25) is 0 Å². The maximum Gasteiger partial charge on any atom is 0.323 e. The first kappa shape index (κ1) is 14.0. The van der Waals surface area contributed by atoms with Crippen LogP contribution in [0.1, 0.15) is 12.5 Å². The average Bonchev–Trinajstić information content (AvgIpc) is 2.36. The minimum Gasteiger partial charge on any atom is -0.480 e. The molecule has 1 atom stereocenters. The minimum absolute atomic E-state index is 0.308. The van der Waals surface area contributed by atoms with Crippen molar-refractivity contribution in [3.63, 3.8) is 0 Å². The number of nitriles is 1. The third kappa shape index (κ3) is 2.60. The molecule has 0 aliphatic heterocycles. The Morgan fingerprint density at radius 2 is 1.89 bits per heavy atom. The molecule has 0 saturated carbocycles. The van der Waals surface area contributed by atoms with E-state index in [9.17, 15) is 13.2 Å². The Labute approximate surface area is 105 Å². The van der Waals surface area contributed by atoms with Crippen LogP contribution in [0.5, 0.6) is 0 Å². The second-order valence-corrected chi connectivity index (χ2v) is 5.94. The van der Waals surface area contributed by atoms with Crippen molar-refractivity contribution in [1.29, 1.82) is 5.26 Å². The fourth-order valence-corrected chi connectivity index (χ4v) is 2.40. The highest BCUT2D eigenvalue weighted by molar-refractivity contribution is 7.94. The third-order valence-corrected chi connectivity index (χ3v) is 4.61. The summed E-state index contributed by atoms with van der Waals surface area (Å²) in [4.78, 5) is 10.7. The van der Waals surface area contributed by atoms with Crippen LogP contribution in [0.4, 0.5) is 5.69 Å². The summed E-state index contributed by atoms with van der Waals surface area (Å²) in [5.41, 5.74) is 0.706. The number of carboxylic acids is 1. The van der Waals surface area contributed by atoms with Crippen LogP contribution in [0.15, 0.2) is 24.3 Å². The maximum absolute atomic E-state index is 11.9. The molecule has 7 heteroatoms. The summed E-state index contributed by atoms with van der Waals surface area (Å²) in [6, 6.07) is 7.74. The maximum atomic E-state index is 11.9. The molecule has 1 N–H and O–H groups in total. The molecular weight excluding hydrogens is 256 g/mol. The van der Waals surface area contributed by atoms with Gasteiger partial charge in [0.15, 0.2) is 5.25 Å². The van der Waals surface area contributed by atoms with Crippen molar-refractivity contribution in [2.45, 2.75) is 12.2 Å². The van der Waals surface area contributed by atoms with Gasteiger partial charge in [-0.15, -0.1) is 0 Å². The number of nitrogens with zero attached hydrogens (tertiary/aromatic N) is 2. The molecule has 0 fully saturated rings. The topological polar surface area (TPSA) is 98.5 Å². The molecule has 1 aromatic rings. The van der Waals surface area contributed by atoms with Gasteiger partial charge in [0, 0.05) is 7.05 Å². The van der Waals surface area contributed by atoms with E-state index < -0.39 is 21.2 Å². The molecule has 6 nitrogen and oxygen atoms in total. The highest BCUT2D eigenvalue weighted by Crippen LogP contribution is 2.19. The van der Waals surface area contributed by atoms with Gasteiger partial charge in [-0.2, -0.15) is 5.26 Å². The summed E-state index contributed by atoms with van der Waals surface area (Å²) in [7, 11) is -2.69. The average molecular weight is 268 g/mol. The summed E-state index contributed by atoms with van der Waals surface area (Å²) in [5, 5.41) is 15.8. The second-order valence-electron chi connectivity index (χ2n) is 3.65. The number of hydrogen-bond donors (Lipinski definition) is 1. The van der Waals surface area contributed by atoms with Gasteiger partial charge >= 0.3 is 5.97 Å². The number of carbonyl (C=O) groups is 1. The van der Waals surface area contributed by atoms with Gasteiger partial charge in [0.25, 0.3) is 0 Å². The lowest BCUT2D eigenvalue weighted by atomic mass is 10.2. The molecule has 0 spiro atoms. The summed E-state index contributed by atoms with van der Waals surface area (Å²) >= 11 is 0. The number of sulfonamides is 1. The zero-order chi connectivity index (χ0) is 13.9. The van der Waals surface area contributed by atoms with E-state index in [1.165, 1.54) is 31.3 Å². The molecule has 0 aliphatic rings. The minimum atomic E-state index is -3.96. The van der Waals surface area contributed by atoms with Crippen LogP contribution in [0.25, 0.3) is 0 Å². The molecule has 1 rings (SSSR count). The van der Waals surface area contributed by atoms with E-state index >= 15 is 0 Å². The highest BCUT2D eigenvalue weighted by atomic mass is 32.2. The molecule has 1 unspecified atom stereocenters. The van der Waals surface area contributed by atoms with Crippen LogP contribution in [0, 0.1) is 11.3 Å². The van der Waals surface area contributed by atoms with Crippen LogP contribution >= 0.6 is 0 Å². The SMILES string of the molecule is CC(C(=O)O)S(=O)(=O)N(C)c1ccc(C#N)cc1. The van der Waals surface area contributed by atoms with E-state index in [1.54, 1.807) is 0 Å². The standard InChI is InChI=1S/C11H12N2O4S/c1-8(11(14)15)18(16,17)13(2)10-5-3-9(7-12)4-6-10/h3-6,8H,1-2H3,(H,14,15). The van der Waals surface area contributed by atoms with Crippen molar-refractivity contribution < 1.29 is 18.3 Å². The van der Waals surface area contributed by atoms with Gasteiger partial charge in [-0.3, -0.25) is 9.10 Å². The van der Waals surface area contributed by atoms with Crippen molar-refractivity contribution in [3.05, 3.63) is 29.8 Å². The van der Waals surface area contributed by atoms with Crippen molar-refractivity contribution >= 4 is 21.7 Å². The van der Waals surface area contributed by atoms with Crippen LogP contribution < -0.4 is 4.31 Å². The van der Waals surface area contributed by atoms with Crippen LogP contribution in [-0.4, -0.2) is 31.8 Å². The number of aliphatic carboxylic acids is 1. The van der Waals surface area contributed by atoms with E-state index in [1.807, 2.05) is 6.07 Å². The summed E-state index contributed by atoms with van der Waals surface area (Å²) in [5.74, 6) is -1.41.